The minimum Gasteiger partial charge on any atom is -0.497 e. The van der Waals surface area contributed by atoms with Gasteiger partial charge in [-0.2, -0.15) is 0 Å². The average molecular weight is 374 g/mol. The largest absolute Gasteiger partial charge is 0.497 e. The molecule has 0 radical (unpaired) electrons. The Hall–Kier alpha value is -2.24. The highest BCUT2D eigenvalue weighted by molar-refractivity contribution is 5.89. The van der Waals surface area contributed by atoms with Crippen LogP contribution in [0.3, 0.4) is 0 Å². The fraction of sp³-hybridized carbons (Fsp3) is 0.619. The van der Waals surface area contributed by atoms with Crippen LogP contribution in [0.5, 0.6) is 11.5 Å². The third-order valence-corrected chi connectivity index (χ3v) is 5.73. The second-order valence-electron chi connectivity index (χ2n) is 7.46. The molecule has 2 fully saturated rings. The van der Waals surface area contributed by atoms with Gasteiger partial charge >= 0.3 is 0 Å². The van der Waals surface area contributed by atoms with E-state index in [0.29, 0.717) is 32.0 Å². The van der Waals surface area contributed by atoms with Gasteiger partial charge in [-0.05, 0) is 43.0 Å². The van der Waals surface area contributed by atoms with E-state index in [1.165, 1.54) is 19.3 Å². The fourth-order valence-corrected chi connectivity index (χ4v) is 4.19. The lowest BCUT2D eigenvalue weighted by Gasteiger charge is -2.31. The van der Waals surface area contributed by atoms with Crippen molar-refractivity contribution in [3.63, 3.8) is 0 Å². The van der Waals surface area contributed by atoms with Gasteiger partial charge in [0.05, 0.1) is 20.1 Å². The van der Waals surface area contributed by atoms with E-state index in [-0.39, 0.29) is 17.7 Å². The molecule has 0 spiro atoms. The van der Waals surface area contributed by atoms with Gasteiger partial charge in [0.1, 0.15) is 11.5 Å². The Morgan fingerprint density at radius 3 is 2.67 bits per heavy atom. The molecule has 27 heavy (non-hydrogen) atoms. The molecule has 3 rings (SSSR count). The molecule has 1 aliphatic carbocycles. The van der Waals surface area contributed by atoms with Crippen LogP contribution in [0.2, 0.25) is 0 Å². The van der Waals surface area contributed by atoms with Crippen LogP contribution >= 0.6 is 0 Å². The van der Waals surface area contributed by atoms with Crippen molar-refractivity contribution in [1.82, 2.24) is 10.2 Å². The van der Waals surface area contributed by atoms with Gasteiger partial charge in [-0.1, -0.05) is 19.3 Å². The van der Waals surface area contributed by atoms with Crippen LogP contribution < -0.4 is 14.8 Å². The summed E-state index contributed by atoms with van der Waals surface area (Å²) in [7, 11) is 3.26. The van der Waals surface area contributed by atoms with E-state index in [2.05, 4.69) is 5.32 Å². The quantitative estimate of drug-likeness (QED) is 0.796. The van der Waals surface area contributed by atoms with Crippen LogP contribution in [0.1, 0.15) is 44.1 Å². The lowest BCUT2D eigenvalue weighted by molar-refractivity contribution is -0.130. The molecule has 1 atom stereocenters. The molecule has 6 heteroatoms. The van der Waals surface area contributed by atoms with Crippen molar-refractivity contribution in [3.8, 4) is 11.5 Å². The van der Waals surface area contributed by atoms with Crippen LogP contribution in [-0.4, -0.2) is 50.1 Å². The lowest BCUT2D eigenvalue weighted by Crippen LogP contribution is -2.39. The first-order chi connectivity index (χ1) is 13.1. The number of methoxy groups -OCH3 is 2. The van der Waals surface area contributed by atoms with Crippen LogP contribution in [0.15, 0.2) is 18.2 Å². The smallest absolute Gasteiger partial charge is 0.225 e. The predicted molar refractivity (Wildman–Crippen MR) is 103 cm³/mol. The summed E-state index contributed by atoms with van der Waals surface area (Å²) >= 11 is 0. The first-order valence-corrected chi connectivity index (χ1v) is 9.90. The second-order valence-corrected chi connectivity index (χ2v) is 7.46. The van der Waals surface area contributed by atoms with E-state index in [0.717, 1.165) is 29.9 Å². The Morgan fingerprint density at radius 2 is 1.96 bits per heavy atom. The van der Waals surface area contributed by atoms with Crippen molar-refractivity contribution in [2.24, 2.45) is 5.92 Å². The highest BCUT2D eigenvalue weighted by Gasteiger charge is 2.37. The highest BCUT2D eigenvalue weighted by Crippen LogP contribution is 2.29. The van der Waals surface area contributed by atoms with E-state index in [1.54, 1.807) is 14.2 Å². The molecule has 1 aromatic carbocycles. The number of rotatable bonds is 7. The summed E-state index contributed by atoms with van der Waals surface area (Å²) in [6.07, 6.45) is 6.78. The standard InChI is InChI=1S/C21H30N2O4/c1-26-18-8-9-19(27-2)15(12-18)10-11-22-21(25)16-13-20(24)23(14-16)17-6-4-3-5-7-17/h8-9,12,16-17H,3-7,10-11,13-14H2,1-2H3,(H,22,25). The summed E-state index contributed by atoms with van der Waals surface area (Å²) in [5.41, 5.74) is 0.989. The molecule has 148 valence electrons. The van der Waals surface area contributed by atoms with Crippen molar-refractivity contribution in [2.75, 3.05) is 27.3 Å². The number of benzene rings is 1. The van der Waals surface area contributed by atoms with Gasteiger partial charge in [-0.25, -0.2) is 0 Å². The lowest BCUT2D eigenvalue weighted by atomic mass is 9.94. The van der Waals surface area contributed by atoms with Crippen LogP contribution in [0.4, 0.5) is 0 Å². The second kappa shape index (κ2) is 9.11. The number of nitrogens with zero attached hydrogens (tertiary/aromatic N) is 1. The molecular formula is C21H30N2O4. The van der Waals surface area contributed by atoms with Gasteiger partial charge in [-0.3, -0.25) is 9.59 Å². The van der Waals surface area contributed by atoms with Gasteiger partial charge in [-0.15, -0.1) is 0 Å². The monoisotopic (exact) mass is 374 g/mol. The SMILES string of the molecule is COc1ccc(OC)c(CCNC(=O)C2CC(=O)N(C3CCCCC3)C2)c1. The van der Waals surface area contributed by atoms with E-state index in [9.17, 15) is 9.59 Å². The molecule has 0 bridgehead atoms. The van der Waals surface area contributed by atoms with Gasteiger partial charge in [0.2, 0.25) is 11.8 Å². The Balaban J connectivity index is 1.50. The zero-order valence-electron chi connectivity index (χ0n) is 16.3. The van der Waals surface area contributed by atoms with Gasteiger partial charge in [0.15, 0.2) is 0 Å². The first kappa shape index (κ1) is 19.5. The summed E-state index contributed by atoms with van der Waals surface area (Å²) < 4.78 is 10.6. The minimum absolute atomic E-state index is 0.0245. The third-order valence-electron chi connectivity index (χ3n) is 5.73. The topological polar surface area (TPSA) is 67.9 Å². The Labute approximate surface area is 161 Å². The van der Waals surface area contributed by atoms with E-state index < -0.39 is 0 Å². The Kier molecular flexibility index (Phi) is 6.58. The van der Waals surface area contributed by atoms with E-state index >= 15 is 0 Å². The molecule has 1 aromatic rings. The van der Waals surface area contributed by atoms with Crippen molar-refractivity contribution >= 4 is 11.8 Å². The normalized spacial score (nSPS) is 20.6. The minimum atomic E-state index is -0.230. The molecule has 2 amide bonds. The molecule has 1 saturated carbocycles. The van der Waals surface area contributed by atoms with Crippen LogP contribution in [0.25, 0.3) is 0 Å². The zero-order chi connectivity index (χ0) is 19.2. The molecule has 1 N–H and O–H groups in total. The molecule has 1 heterocycles. The van der Waals surface area contributed by atoms with Crippen molar-refractivity contribution in [1.29, 1.82) is 0 Å². The average Bonchev–Trinajstić information content (AvgIpc) is 3.10. The van der Waals surface area contributed by atoms with Gasteiger partial charge in [0.25, 0.3) is 0 Å². The van der Waals surface area contributed by atoms with Crippen LogP contribution in [-0.2, 0) is 16.0 Å². The van der Waals surface area contributed by atoms with Gasteiger partial charge in [0, 0.05) is 25.6 Å². The predicted octanol–water partition coefficient (Wildman–Crippen LogP) is 2.54. The van der Waals surface area contributed by atoms with Gasteiger partial charge < -0.3 is 19.7 Å². The highest BCUT2D eigenvalue weighted by atomic mass is 16.5. The van der Waals surface area contributed by atoms with Crippen molar-refractivity contribution in [3.05, 3.63) is 23.8 Å². The fourth-order valence-electron chi connectivity index (χ4n) is 4.19. The summed E-state index contributed by atoms with van der Waals surface area (Å²) in [4.78, 5) is 26.8. The maximum Gasteiger partial charge on any atom is 0.225 e. The molecular weight excluding hydrogens is 344 g/mol. The number of hydrogen-bond acceptors (Lipinski definition) is 4. The number of hydrogen-bond donors (Lipinski definition) is 1. The summed E-state index contributed by atoms with van der Waals surface area (Å²) in [6.45, 7) is 1.08. The maximum atomic E-state index is 12.5. The van der Waals surface area contributed by atoms with E-state index in [4.69, 9.17) is 9.47 Å². The Bertz CT molecular complexity index is 670. The maximum absolute atomic E-state index is 12.5. The number of carbonyl (C=O) groups excluding carboxylic acids is 2. The Morgan fingerprint density at radius 1 is 1.19 bits per heavy atom. The summed E-state index contributed by atoms with van der Waals surface area (Å²) in [5, 5.41) is 2.99. The van der Waals surface area contributed by atoms with Crippen molar-refractivity contribution in [2.45, 2.75) is 51.0 Å². The molecule has 1 unspecified atom stereocenters. The number of ether oxygens (including phenoxy) is 2. The van der Waals surface area contributed by atoms with E-state index in [1.807, 2.05) is 23.1 Å². The van der Waals surface area contributed by atoms with Crippen molar-refractivity contribution < 1.29 is 19.1 Å². The third kappa shape index (κ3) is 4.73. The zero-order valence-corrected chi connectivity index (χ0v) is 16.3. The molecule has 2 aliphatic rings. The summed E-state index contributed by atoms with van der Waals surface area (Å²) in [5.74, 6) is 1.43. The molecule has 1 saturated heterocycles. The number of likely N-dealkylation sites (tertiary alicyclic amines) is 1. The molecule has 1 aliphatic heterocycles. The number of nitrogens with one attached hydrogen (secondary N) is 1. The molecule has 6 nitrogen and oxygen atoms in total. The summed E-state index contributed by atoms with van der Waals surface area (Å²) in [6, 6.07) is 5.98. The number of carbonyl (C=O) groups is 2. The van der Waals surface area contributed by atoms with Crippen LogP contribution in [0, 0.1) is 5.92 Å². The molecule has 0 aromatic heterocycles. The first-order valence-electron chi connectivity index (χ1n) is 9.90. The number of amides is 2.